The third-order valence-electron chi connectivity index (χ3n) is 2.75. The molecule has 1 rings (SSSR count). The largest absolute Gasteiger partial charge is 0.377 e. The van der Waals surface area contributed by atoms with Crippen LogP contribution >= 0.6 is 0 Å². The zero-order valence-corrected chi connectivity index (χ0v) is 11.4. The Hall–Kier alpha value is -0.870. The lowest BCUT2D eigenvalue weighted by Crippen LogP contribution is -2.22. The first-order valence-electron chi connectivity index (χ1n) is 6.41. The van der Waals surface area contributed by atoms with Crippen molar-refractivity contribution in [2.45, 2.75) is 52.8 Å². The van der Waals surface area contributed by atoms with Gasteiger partial charge in [-0.3, -0.25) is 0 Å². The molecule has 0 spiro atoms. The van der Waals surface area contributed by atoms with Gasteiger partial charge in [0.05, 0.1) is 18.1 Å². The predicted octanol–water partition coefficient (Wildman–Crippen LogP) is 2.35. The highest BCUT2D eigenvalue weighted by Crippen LogP contribution is 2.18. The van der Waals surface area contributed by atoms with E-state index in [1.807, 2.05) is 19.4 Å². The molecule has 1 heterocycles. The molecule has 4 nitrogen and oxygen atoms in total. The Morgan fingerprint density at radius 1 is 1.41 bits per heavy atom. The van der Waals surface area contributed by atoms with Gasteiger partial charge in [-0.15, -0.1) is 0 Å². The number of nitrogens with two attached hydrogens (primary N) is 1. The molecule has 0 aliphatic heterocycles. The number of aromatic nitrogens is 2. The van der Waals surface area contributed by atoms with Crippen LogP contribution in [0.25, 0.3) is 0 Å². The maximum absolute atomic E-state index is 6.19. The van der Waals surface area contributed by atoms with Crippen LogP contribution < -0.4 is 5.73 Å². The minimum atomic E-state index is 0.0614. The molecular formula is C13H25N3O. The summed E-state index contributed by atoms with van der Waals surface area (Å²) in [5.74, 6) is 0.595. The molecule has 0 aromatic carbocycles. The Balaban J connectivity index is 2.65. The van der Waals surface area contributed by atoms with E-state index in [9.17, 15) is 0 Å². The van der Waals surface area contributed by atoms with Gasteiger partial charge in [-0.05, 0) is 26.2 Å². The van der Waals surface area contributed by atoms with Crippen LogP contribution in [0.4, 0.5) is 0 Å². The van der Waals surface area contributed by atoms with Crippen molar-refractivity contribution in [1.29, 1.82) is 0 Å². The molecule has 0 saturated heterocycles. The van der Waals surface area contributed by atoms with Gasteiger partial charge in [-0.2, -0.15) is 0 Å². The Labute approximate surface area is 104 Å². The summed E-state index contributed by atoms with van der Waals surface area (Å²) in [5, 5.41) is 0. The van der Waals surface area contributed by atoms with E-state index < -0.39 is 0 Å². The van der Waals surface area contributed by atoms with E-state index in [1.165, 1.54) is 0 Å². The maximum Gasteiger partial charge on any atom is 0.0949 e. The third-order valence-corrected chi connectivity index (χ3v) is 2.75. The first-order chi connectivity index (χ1) is 8.04. The number of hydrogen-bond acceptors (Lipinski definition) is 3. The zero-order valence-electron chi connectivity index (χ0n) is 11.4. The second-order valence-electron chi connectivity index (χ2n) is 4.97. The van der Waals surface area contributed by atoms with Gasteiger partial charge in [-0.1, -0.05) is 13.8 Å². The van der Waals surface area contributed by atoms with E-state index in [-0.39, 0.29) is 12.1 Å². The Kier molecular flexibility index (Phi) is 5.65. The summed E-state index contributed by atoms with van der Waals surface area (Å²) in [6.45, 7) is 10.0. The van der Waals surface area contributed by atoms with E-state index in [4.69, 9.17) is 10.5 Å². The monoisotopic (exact) mass is 239 g/mol. The molecule has 0 amide bonds. The summed E-state index contributed by atoms with van der Waals surface area (Å²) >= 11 is 0. The van der Waals surface area contributed by atoms with E-state index in [0.717, 1.165) is 25.3 Å². The normalized spacial score (nSPS) is 15.2. The van der Waals surface area contributed by atoms with Gasteiger partial charge < -0.3 is 15.0 Å². The fourth-order valence-electron chi connectivity index (χ4n) is 2.04. The van der Waals surface area contributed by atoms with Crippen LogP contribution in [0.5, 0.6) is 0 Å². The molecule has 0 radical (unpaired) electrons. The minimum absolute atomic E-state index is 0.0614. The van der Waals surface area contributed by atoms with Crippen molar-refractivity contribution in [2.75, 3.05) is 6.61 Å². The van der Waals surface area contributed by atoms with Crippen LogP contribution in [0.3, 0.4) is 0 Å². The number of hydrogen-bond donors (Lipinski definition) is 1. The Morgan fingerprint density at radius 3 is 2.71 bits per heavy atom. The van der Waals surface area contributed by atoms with Gasteiger partial charge >= 0.3 is 0 Å². The van der Waals surface area contributed by atoms with E-state index >= 15 is 0 Å². The standard InChI is InChI=1S/C13H25N3O/c1-5-17-11(4)8-16-9-15-7-13(16)12(14)6-10(2)3/h7,9-12H,5-6,8,14H2,1-4H3. The van der Waals surface area contributed by atoms with Crippen molar-refractivity contribution in [3.05, 3.63) is 18.2 Å². The molecule has 1 aromatic rings. The van der Waals surface area contributed by atoms with Crippen LogP contribution in [0, 0.1) is 5.92 Å². The molecule has 0 aliphatic carbocycles. The van der Waals surface area contributed by atoms with Gasteiger partial charge in [0, 0.05) is 25.4 Å². The number of ether oxygens (including phenoxy) is 1. The van der Waals surface area contributed by atoms with Crippen LogP contribution in [0.15, 0.2) is 12.5 Å². The summed E-state index contributed by atoms with van der Waals surface area (Å²) in [5.41, 5.74) is 7.29. The lowest BCUT2D eigenvalue weighted by molar-refractivity contribution is 0.0632. The molecule has 2 atom stereocenters. The quantitative estimate of drug-likeness (QED) is 0.794. The maximum atomic E-state index is 6.19. The molecule has 0 aliphatic rings. The first kappa shape index (κ1) is 14.2. The fraction of sp³-hybridized carbons (Fsp3) is 0.769. The topological polar surface area (TPSA) is 53.1 Å². The lowest BCUT2D eigenvalue weighted by atomic mass is 10.0. The molecule has 2 N–H and O–H groups in total. The molecule has 0 saturated carbocycles. The molecule has 1 aromatic heterocycles. The number of rotatable bonds is 7. The molecule has 0 bridgehead atoms. The van der Waals surface area contributed by atoms with Gasteiger partial charge in [0.25, 0.3) is 0 Å². The molecule has 0 fully saturated rings. The number of imidazole rings is 1. The SMILES string of the molecule is CCOC(C)Cn1cncc1C(N)CC(C)C. The molecular weight excluding hydrogens is 214 g/mol. The average Bonchev–Trinajstić information content (AvgIpc) is 2.65. The molecule has 4 heteroatoms. The minimum Gasteiger partial charge on any atom is -0.377 e. The summed E-state index contributed by atoms with van der Waals surface area (Å²) in [6.07, 6.45) is 4.88. The van der Waals surface area contributed by atoms with Crippen molar-refractivity contribution < 1.29 is 4.74 Å². The third kappa shape index (κ3) is 4.48. The van der Waals surface area contributed by atoms with Crippen molar-refractivity contribution in [3.63, 3.8) is 0 Å². The van der Waals surface area contributed by atoms with Gasteiger partial charge in [-0.25, -0.2) is 4.98 Å². The zero-order chi connectivity index (χ0) is 12.8. The highest BCUT2D eigenvalue weighted by atomic mass is 16.5. The molecule has 98 valence electrons. The van der Waals surface area contributed by atoms with E-state index in [2.05, 4.69) is 30.3 Å². The smallest absolute Gasteiger partial charge is 0.0949 e. The van der Waals surface area contributed by atoms with Crippen LogP contribution in [-0.4, -0.2) is 22.3 Å². The fourth-order valence-corrected chi connectivity index (χ4v) is 2.04. The Morgan fingerprint density at radius 2 is 2.12 bits per heavy atom. The van der Waals surface area contributed by atoms with Gasteiger partial charge in [0.2, 0.25) is 0 Å². The van der Waals surface area contributed by atoms with Crippen molar-refractivity contribution in [2.24, 2.45) is 11.7 Å². The molecule has 2 unspecified atom stereocenters. The first-order valence-corrected chi connectivity index (χ1v) is 6.41. The van der Waals surface area contributed by atoms with E-state index in [1.54, 1.807) is 0 Å². The van der Waals surface area contributed by atoms with Crippen molar-refractivity contribution >= 4 is 0 Å². The second kappa shape index (κ2) is 6.77. The van der Waals surface area contributed by atoms with Crippen LogP contribution in [0.1, 0.15) is 45.9 Å². The Bertz CT molecular complexity index is 322. The summed E-state index contributed by atoms with van der Waals surface area (Å²) in [4.78, 5) is 4.19. The summed E-state index contributed by atoms with van der Waals surface area (Å²) in [7, 11) is 0. The van der Waals surface area contributed by atoms with E-state index in [0.29, 0.717) is 5.92 Å². The van der Waals surface area contributed by atoms with Crippen LogP contribution in [0.2, 0.25) is 0 Å². The highest BCUT2D eigenvalue weighted by Gasteiger charge is 2.14. The average molecular weight is 239 g/mol. The van der Waals surface area contributed by atoms with Crippen LogP contribution in [-0.2, 0) is 11.3 Å². The van der Waals surface area contributed by atoms with Gasteiger partial charge in [0.15, 0.2) is 0 Å². The van der Waals surface area contributed by atoms with Crippen molar-refractivity contribution in [1.82, 2.24) is 9.55 Å². The summed E-state index contributed by atoms with van der Waals surface area (Å²) < 4.78 is 7.65. The number of nitrogens with zero attached hydrogens (tertiary/aromatic N) is 2. The molecule has 17 heavy (non-hydrogen) atoms. The lowest BCUT2D eigenvalue weighted by Gasteiger charge is -2.19. The summed E-state index contributed by atoms with van der Waals surface area (Å²) in [6, 6.07) is 0.0614. The van der Waals surface area contributed by atoms with Gasteiger partial charge in [0.1, 0.15) is 0 Å². The van der Waals surface area contributed by atoms with Crippen molar-refractivity contribution in [3.8, 4) is 0 Å². The predicted molar refractivity (Wildman–Crippen MR) is 69.7 cm³/mol. The second-order valence-corrected chi connectivity index (χ2v) is 4.97. The highest BCUT2D eigenvalue weighted by molar-refractivity contribution is 5.04.